The van der Waals surface area contributed by atoms with Gasteiger partial charge in [-0.15, -0.1) is 0 Å². The summed E-state index contributed by atoms with van der Waals surface area (Å²) in [6.45, 7) is 1.80. The number of nitrogens with one attached hydrogen (secondary N) is 1. The quantitative estimate of drug-likeness (QED) is 0.388. The molecule has 2 heterocycles. The minimum Gasteiger partial charge on any atom is -0.450 e. The van der Waals surface area contributed by atoms with Gasteiger partial charge in [-0.25, -0.2) is 9.69 Å². The highest BCUT2D eigenvalue weighted by atomic mass is 35.5. The maximum Gasteiger partial charge on any atom is 0.335 e. The first-order valence-corrected chi connectivity index (χ1v) is 10.6. The number of anilines is 1. The SMILES string of the molecule is Cc1ccc(N2C(=O)NC(=O)/C(=C/c3ccc(Sc4ccc(Cl)cc4)o3)C2=O)cc1Cl. The van der Waals surface area contributed by atoms with Gasteiger partial charge in [0, 0.05) is 14.9 Å². The summed E-state index contributed by atoms with van der Waals surface area (Å²) in [4.78, 5) is 39.4. The minimum atomic E-state index is -0.842. The van der Waals surface area contributed by atoms with Gasteiger partial charge in [0.1, 0.15) is 11.3 Å². The van der Waals surface area contributed by atoms with Gasteiger partial charge in [-0.3, -0.25) is 14.9 Å². The van der Waals surface area contributed by atoms with Crippen molar-refractivity contribution in [2.45, 2.75) is 16.9 Å². The lowest BCUT2D eigenvalue weighted by Gasteiger charge is -2.26. The Morgan fingerprint density at radius 2 is 1.74 bits per heavy atom. The van der Waals surface area contributed by atoms with E-state index in [1.165, 1.54) is 23.9 Å². The van der Waals surface area contributed by atoms with E-state index in [9.17, 15) is 14.4 Å². The van der Waals surface area contributed by atoms with Crippen molar-refractivity contribution in [2.75, 3.05) is 4.90 Å². The Morgan fingerprint density at radius 1 is 1.00 bits per heavy atom. The monoisotopic (exact) mass is 472 g/mol. The summed E-state index contributed by atoms with van der Waals surface area (Å²) >= 11 is 13.4. The molecule has 3 aromatic rings. The number of urea groups is 1. The molecule has 1 aliphatic rings. The lowest BCUT2D eigenvalue weighted by Crippen LogP contribution is -2.54. The molecular formula is C22H14Cl2N2O4S. The summed E-state index contributed by atoms with van der Waals surface area (Å²) in [5, 5.41) is 3.77. The summed E-state index contributed by atoms with van der Waals surface area (Å²) in [7, 11) is 0. The average Bonchev–Trinajstić information content (AvgIpc) is 3.16. The van der Waals surface area contributed by atoms with Crippen molar-refractivity contribution in [2.24, 2.45) is 0 Å². The van der Waals surface area contributed by atoms with Crippen LogP contribution in [-0.4, -0.2) is 17.8 Å². The fourth-order valence-electron chi connectivity index (χ4n) is 2.84. The van der Waals surface area contributed by atoms with Gasteiger partial charge in [-0.1, -0.05) is 41.0 Å². The second-order valence-electron chi connectivity index (χ2n) is 6.60. The normalized spacial score (nSPS) is 15.5. The zero-order valence-electron chi connectivity index (χ0n) is 16.0. The van der Waals surface area contributed by atoms with Crippen molar-refractivity contribution in [1.82, 2.24) is 5.32 Å². The van der Waals surface area contributed by atoms with Crippen LogP contribution in [0.25, 0.3) is 6.08 Å². The summed E-state index contributed by atoms with van der Waals surface area (Å²) in [5.41, 5.74) is 0.826. The Hall–Kier alpha value is -3.00. The van der Waals surface area contributed by atoms with Gasteiger partial charge in [-0.2, -0.15) is 0 Å². The third-order valence-electron chi connectivity index (χ3n) is 4.44. The van der Waals surface area contributed by atoms with Crippen LogP contribution in [0.4, 0.5) is 10.5 Å². The molecule has 0 radical (unpaired) electrons. The highest BCUT2D eigenvalue weighted by Gasteiger charge is 2.37. The molecule has 0 aliphatic carbocycles. The molecule has 1 aliphatic heterocycles. The first-order chi connectivity index (χ1) is 14.8. The van der Waals surface area contributed by atoms with Crippen molar-refractivity contribution in [3.8, 4) is 0 Å². The van der Waals surface area contributed by atoms with Crippen LogP contribution < -0.4 is 10.2 Å². The maximum absolute atomic E-state index is 13.0. The number of barbiturate groups is 1. The molecule has 1 saturated heterocycles. The van der Waals surface area contributed by atoms with Crippen LogP contribution in [-0.2, 0) is 9.59 Å². The highest BCUT2D eigenvalue weighted by Crippen LogP contribution is 2.31. The number of amides is 4. The van der Waals surface area contributed by atoms with Gasteiger partial charge >= 0.3 is 6.03 Å². The van der Waals surface area contributed by atoms with Crippen molar-refractivity contribution in [3.63, 3.8) is 0 Å². The second kappa shape index (κ2) is 8.63. The maximum atomic E-state index is 13.0. The largest absolute Gasteiger partial charge is 0.450 e. The molecule has 6 nitrogen and oxygen atoms in total. The van der Waals surface area contributed by atoms with Crippen LogP contribution in [0.3, 0.4) is 0 Å². The fraction of sp³-hybridized carbons (Fsp3) is 0.0455. The van der Waals surface area contributed by atoms with Gasteiger partial charge in [0.25, 0.3) is 11.8 Å². The summed E-state index contributed by atoms with van der Waals surface area (Å²) in [5.74, 6) is -1.27. The lowest BCUT2D eigenvalue weighted by atomic mass is 10.1. The highest BCUT2D eigenvalue weighted by molar-refractivity contribution is 7.99. The smallest absolute Gasteiger partial charge is 0.335 e. The number of imide groups is 2. The van der Waals surface area contributed by atoms with Crippen LogP contribution in [0.2, 0.25) is 10.0 Å². The predicted octanol–water partition coefficient (Wildman–Crippen LogP) is 5.71. The number of carbonyl (C=O) groups is 3. The molecule has 1 N–H and O–H groups in total. The lowest BCUT2D eigenvalue weighted by molar-refractivity contribution is -0.122. The fourth-order valence-corrected chi connectivity index (χ4v) is 3.92. The van der Waals surface area contributed by atoms with Crippen LogP contribution in [0, 0.1) is 6.92 Å². The number of benzene rings is 2. The Morgan fingerprint density at radius 3 is 2.45 bits per heavy atom. The molecule has 0 bridgehead atoms. The molecule has 9 heteroatoms. The number of rotatable bonds is 4. The molecule has 4 amide bonds. The third kappa shape index (κ3) is 4.54. The van der Waals surface area contributed by atoms with E-state index in [-0.39, 0.29) is 11.3 Å². The van der Waals surface area contributed by atoms with Gasteiger partial charge in [0.2, 0.25) is 0 Å². The van der Waals surface area contributed by atoms with Crippen LogP contribution in [0.5, 0.6) is 0 Å². The van der Waals surface area contributed by atoms with Crippen molar-refractivity contribution >= 4 is 64.6 Å². The molecule has 0 saturated carbocycles. The number of carbonyl (C=O) groups excluding carboxylic acids is 3. The molecule has 2 aromatic carbocycles. The summed E-state index contributed by atoms with van der Waals surface area (Å²) in [6, 6.07) is 14.5. The number of furan rings is 1. The zero-order valence-corrected chi connectivity index (χ0v) is 18.3. The van der Waals surface area contributed by atoms with E-state index < -0.39 is 17.8 Å². The number of hydrogen-bond acceptors (Lipinski definition) is 5. The summed E-state index contributed by atoms with van der Waals surface area (Å²) in [6.07, 6.45) is 1.30. The molecule has 31 heavy (non-hydrogen) atoms. The molecule has 1 aromatic heterocycles. The van der Waals surface area contributed by atoms with Crippen molar-refractivity contribution in [3.05, 3.63) is 81.5 Å². The van der Waals surface area contributed by atoms with Crippen LogP contribution in [0.1, 0.15) is 11.3 Å². The molecule has 0 atom stereocenters. The zero-order chi connectivity index (χ0) is 22.1. The molecule has 0 unspecified atom stereocenters. The number of nitrogens with zero attached hydrogens (tertiary/aromatic N) is 1. The van der Waals surface area contributed by atoms with Gasteiger partial charge in [0.05, 0.1) is 5.69 Å². The van der Waals surface area contributed by atoms with E-state index >= 15 is 0 Å². The van der Waals surface area contributed by atoms with E-state index in [1.54, 1.807) is 43.3 Å². The van der Waals surface area contributed by atoms with Crippen LogP contribution >= 0.6 is 35.0 Å². The second-order valence-corrected chi connectivity index (χ2v) is 8.53. The molecule has 1 fully saturated rings. The Kier molecular flexibility index (Phi) is 5.91. The minimum absolute atomic E-state index is 0.228. The first-order valence-electron chi connectivity index (χ1n) is 9.03. The van der Waals surface area contributed by atoms with Crippen LogP contribution in [0.15, 0.2) is 74.6 Å². The molecule has 4 rings (SSSR count). The molecule has 0 spiro atoms. The molecular weight excluding hydrogens is 459 g/mol. The third-order valence-corrected chi connectivity index (χ3v) is 6.02. The van der Waals surface area contributed by atoms with Gasteiger partial charge in [-0.05, 0) is 67.1 Å². The van der Waals surface area contributed by atoms with E-state index in [0.717, 1.165) is 15.4 Å². The van der Waals surface area contributed by atoms with Gasteiger partial charge < -0.3 is 4.42 Å². The van der Waals surface area contributed by atoms with Crippen molar-refractivity contribution < 1.29 is 18.8 Å². The molecule has 156 valence electrons. The number of halogens is 2. The predicted molar refractivity (Wildman–Crippen MR) is 119 cm³/mol. The van der Waals surface area contributed by atoms with E-state index in [0.29, 0.717) is 20.9 Å². The van der Waals surface area contributed by atoms with E-state index in [2.05, 4.69) is 5.32 Å². The average molecular weight is 473 g/mol. The standard InChI is InChI=1S/C22H14Cl2N2O4S/c1-12-2-5-14(10-18(12)24)26-21(28)17(20(27)25-22(26)29)11-15-6-9-19(30-15)31-16-7-3-13(23)4-8-16/h2-11H,1H3,(H,25,27,29)/b17-11-. The van der Waals surface area contributed by atoms with E-state index in [4.69, 9.17) is 27.6 Å². The topological polar surface area (TPSA) is 79.6 Å². The Labute approximate surface area is 191 Å². The van der Waals surface area contributed by atoms with Crippen molar-refractivity contribution in [1.29, 1.82) is 0 Å². The number of hydrogen-bond donors (Lipinski definition) is 1. The Balaban J connectivity index is 1.60. The first kappa shape index (κ1) is 21.2. The van der Waals surface area contributed by atoms with E-state index in [1.807, 2.05) is 12.1 Å². The van der Waals surface area contributed by atoms with Gasteiger partial charge in [0.15, 0.2) is 5.09 Å². The summed E-state index contributed by atoms with van der Waals surface area (Å²) < 4.78 is 5.72. The number of aryl methyl sites for hydroxylation is 1. The Bertz CT molecular complexity index is 1230.